The number of likely N-dealkylation sites (tertiary alicyclic amines) is 1. The molecule has 1 aromatic rings. The number of alkyl carbamates (subject to hydrolysis) is 1. The van der Waals surface area contributed by atoms with E-state index in [0.717, 1.165) is 17.5 Å². The number of hydrogen-bond donors (Lipinski definition) is 3. The Morgan fingerprint density at radius 3 is 2.25 bits per heavy atom. The fourth-order valence-corrected chi connectivity index (χ4v) is 2.67. The largest absolute Gasteiger partial charge is 0.444 e. The first-order valence-electron chi connectivity index (χ1n) is 8.36. The Bertz CT molecular complexity index is 529. The number of aliphatic hydroxyl groups excluding tert-OH is 2. The van der Waals surface area contributed by atoms with Crippen LogP contribution >= 0.6 is 0 Å². The molecule has 1 heterocycles. The lowest BCUT2D eigenvalue weighted by molar-refractivity contribution is 0.0528. The summed E-state index contributed by atoms with van der Waals surface area (Å²) >= 11 is 0. The second-order valence-corrected chi connectivity index (χ2v) is 7.32. The van der Waals surface area contributed by atoms with Crippen LogP contribution in [0.3, 0.4) is 0 Å². The molecule has 0 spiro atoms. The zero-order chi connectivity index (χ0) is 17.7. The van der Waals surface area contributed by atoms with E-state index in [9.17, 15) is 15.0 Å². The summed E-state index contributed by atoms with van der Waals surface area (Å²) in [6.45, 7) is 7.76. The molecule has 1 fully saturated rings. The van der Waals surface area contributed by atoms with Gasteiger partial charge in [-0.05, 0) is 38.3 Å². The molecule has 1 saturated heterocycles. The van der Waals surface area contributed by atoms with Gasteiger partial charge in [0.05, 0.1) is 12.2 Å². The van der Waals surface area contributed by atoms with Crippen LogP contribution in [0.4, 0.5) is 4.79 Å². The monoisotopic (exact) mass is 336 g/mol. The molecule has 24 heavy (non-hydrogen) atoms. The Hall–Kier alpha value is -1.63. The zero-order valence-electron chi connectivity index (χ0n) is 14.7. The Kier molecular flexibility index (Phi) is 6.21. The summed E-state index contributed by atoms with van der Waals surface area (Å²) < 4.78 is 5.19. The number of nitrogens with one attached hydrogen (secondary N) is 1. The summed E-state index contributed by atoms with van der Waals surface area (Å²) in [5, 5.41) is 21.9. The normalized spacial score (nSPS) is 21.7. The maximum Gasteiger partial charge on any atom is 0.407 e. The molecule has 0 saturated carbocycles. The fraction of sp³-hybridized carbons (Fsp3) is 0.611. The van der Waals surface area contributed by atoms with Crippen molar-refractivity contribution in [1.29, 1.82) is 0 Å². The van der Waals surface area contributed by atoms with Gasteiger partial charge in [-0.1, -0.05) is 24.3 Å². The second-order valence-electron chi connectivity index (χ2n) is 7.32. The van der Waals surface area contributed by atoms with Gasteiger partial charge in [0.25, 0.3) is 0 Å². The molecule has 2 atom stereocenters. The molecule has 1 aromatic carbocycles. The van der Waals surface area contributed by atoms with Crippen LogP contribution in [0.2, 0.25) is 0 Å². The number of carbonyl (C=O) groups is 1. The molecule has 3 N–H and O–H groups in total. The summed E-state index contributed by atoms with van der Waals surface area (Å²) in [5.74, 6) is 0. The smallest absolute Gasteiger partial charge is 0.407 e. The fourth-order valence-electron chi connectivity index (χ4n) is 2.67. The van der Waals surface area contributed by atoms with Crippen LogP contribution in [-0.2, 0) is 17.7 Å². The van der Waals surface area contributed by atoms with Gasteiger partial charge in [-0.15, -0.1) is 0 Å². The molecular formula is C18H28N2O4. The molecule has 6 heteroatoms. The zero-order valence-corrected chi connectivity index (χ0v) is 14.7. The molecule has 0 radical (unpaired) electrons. The second kappa shape index (κ2) is 7.96. The average molecular weight is 336 g/mol. The molecule has 6 nitrogen and oxygen atoms in total. The molecule has 2 unspecified atom stereocenters. The first kappa shape index (κ1) is 18.7. The number of β-amino-alcohol motifs (C(OH)–C–C–N with tert-alkyl or cyclic N) is 2. The summed E-state index contributed by atoms with van der Waals surface area (Å²) in [6, 6.07) is 8.16. The summed E-state index contributed by atoms with van der Waals surface area (Å²) in [7, 11) is 0. The minimum atomic E-state index is -0.650. The quantitative estimate of drug-likeness (QED) is 0.755. The highest BCUT2D eigenvalue weighted by molar-refractivity contribution is 5.67. The lowest BCUT2D eigenvalue weighted by Crippen LogP contribution is -2.33. The minimum Gasteiger partial charge on any atom is -0.444 e. The van der Waals surface area contributed by atoms with Gasteiger partial charge in [-0.2, -0.15) is 0 Å². The number of benzene rings is 1. The number of aliphatic hydroxyl groups is 2. The molecule has 1 amide bonds. The van der Waals surface area contributed by atoms with Crippen LogP contribution < -0.4 is 5.32 Å². The van der Waals surface area contributed by atoms with Gasteiger partial charge < -0.3 is 20.3 Å². The van der Waals surface area contributed by atoms with E-state index < -0.39 is 23.9 Å². The van der Waals surface area contributed by atoms with E-state index >= 15 is 0 Å². The number of hydrogen-bond acceptors (Lipinski definition) is 5. The van der Waals surface area contributed by atoms with Crippen molar-refractivity contribution in [2.24, 2.45) is 0 Å². The topological polar surface area (TPSA) is 82.0 Å². The maximum atomic E-state index is 11.6. The lowest BCUT2D eigenvalue weighted by atomic mass is 10.1. The molecule has 0 bridgehead atoms. The van der Waals surface area contributed by atoms with Gasteiger partial charge >= 0.3 is 6.09 Å². The van der Waals surface area contributed by atoms with Crippen molar-refractivity contribution in [2.75, 3.05) is 19.6 Å². The van der Waals surface area contributed by atoms with E-state index in [1.807, 2.05) is 49.9 Å². The first-order valence-corrected chi connectivity index (χ1v) is 8.36. The molecule has 0 aliphatic carbocycles. The van der Waals surface area contributed by atoms with Crippen molar-refractivity contribution in [3.05, 3.63) is 35.4 Å². The van der Waals surface area contributed by atoms with E-state index in [-0.39, 0.29) is 0 Å². The van der Waals surface area contributed by atoms with E-state index in [4.69, 9.17) is 4.74 Å². The van der Waals surface area contributed by atoms with Crippen LogP contribution in [0.1, 0.15) is 31.9 Å². The van der Waals surface area contributed by atoms with Crippen molar-refractivity contribution >= 4 is 6.09 Å². The Morgan fingerprint density at radius 2 is 1.71 bits per heavy atom. The number of ether oxygens (including phenoxy) is 1. The van der Waals surface area contributed by atoms with E-state index in [1.54, 1.807) is 0 Å². The minimum absolute atomic E-state index is 0.398. The summed E-state index contributed by atoms with van der Waals surface area (Å²) in [4.78, 5) is 13.6. The molecule has 2 rings (SSSR count). The highest BCUT2D eigenvalue weighted by atomic mass is 16.6. The van der Waals surface area contributed by atoms with Crippen molar-refractivity contribution in [1.82, 2.24) is 10.2 Å². The van der Waals surface area contributed by atoms with E-state index in [2.05, 4.69) is 5.32 Å². The van der Waals surface area contributed by atoms with Gasteiger partial charge in [0, 0.05) is 26.2 Å². The predicted octanol–water partition coefficient (Wildman–Crippen LogP) is 1.29. The Morgan fingerprint density at radius 1 is 1.17 bits per heavy atom. The molecule has 0 aromatic heterocycles. The van der Waals surface area contributed by atoms with E-state index in [1.165, 1.54) is 0 Å². The van der Waals surface area contributed by atoms with Crippen LogP contribution in [-0.4, -0.2) is 58.6 Å². The van der Waals surface area contributed by atoms with E-state index in [0.29, 0.717) is 26.2 Å². The van der Waals surface area contributed by atoms with Crippen molar-refractivity contribution in [3.8, 4) is 0 Å². The number of carbonyl (C=O) groups excluding carboxylic acids is 1. The van der Waals surface area contributed by atoms with Crippen LogP contribution in [0.5, 0.6) is 0 Å². The molecule has 1 aliphatic rings. The van der Waals surface area contributed by atoms with Crippen LogP contribution in [0.15, 0.2) is 24.3 Å². The Labute approximate surface area is 143 Å². The first-order chi connectivity index (χ1) is 11.2. The van der Waals surface area contributed by atoms with Crippen LogP contribution in [0, 0.1) is 0 Å². The van der Waals surface area contributed by atoms with Crippen molar-refractivity contribution in [3.63, 3.8) is 0 Å². The van der Waals surface area contributed by atoms with Gasteiger partial charge in [-0.3, -0.25) is 4.90 Å². The SMILES string of the molecule is CC(C)(C)OC(=O)NCCc1ccc(CN2CC(O)C(O)C2)cc1. The van der Waals surface area contributed by atoms with Crippen molar-refractivity contribution < 1.29 is 19.7 Å². The third-order valence-corrected chi connectivity index (χ3v) is 3.85. The van der Waals surface area contributed by atoms with Gasteiger partial charge in [0.1, 0.15) is 5.60 Å². The highest BCUT2D eigenvalue weighted by Crippen LogP contribution is 2.15. The number of amides is 1. The average Bonchev–Trinajstić information content (AvgIpc) is 2.77. The Balaban J connectivity index is 1.73. The molecule has 1 aliphatic heterocycles. The lowest BCUT2D eigenvalue weighted by Gasteiger charge is -2.19. The number of nitrogens with zero attached hydrogens (tertiary/aromatic N) is 1. The number of rotatable bonds is 5. The highest BCUT2D eigenvalue weighted by Gasteiger charge is 2.29. The predicted molar refractivity (Wildman–Crippen MR) is 91.7 cm³/mol. The van der Waals surface area contributed by atoms with Gasteiger partial charge in [-0.25, -0.2) is 4.79 Å². The summed E-state index contributed by atoms with van der Waals surface area (Å²) in [6.07, 6.45) is -0.961. The van der Waals surface area contributed by atoms with Crippen molar-refractivity contribution in [2.45, 2.75) is 51.5 Å². The molecular weight excluding hydrogens is 308 g/mol. The third kappa shape index (κ3) is 6.11. The molecule has 134 valence electrons. The maximum absolute atomic E-state index is 11.6. The van der Waals surface area contributed by atoms with Gasteiger partial charge in [0.2, 0.25) is 0 Å². The van der Waals surface area contributed by atoms with Crippen LogP contribution in [0.25, 0.3) is 0 Å². The third-order valence-electron chi connectivity index (χ3n) is 3.85. The summed E-state index contributed by atoms with van der Waals surface area (Å²) in [5.41, 5.74) is 1.79. The standard InChI is InChI=1S/C18H28N2O4/c1-18(2,3)24-17(23)19-9-8-13-4-6-14(7-5-13)10-20-11-15(21)16(22)12-20/h4-7,15-16,21-22H,8-12H2,1-3H3,(H,19,23). The van der Waals surface area contributed by atoms with Gasteiger partial charge in [0.15, 0.2) is 0 Å².